The predicted octanol–water partition coefficient (Wildman–Crippen LogP) is 6.20. The zero-order valence-electron chi connectivity index (χ0n) is 22.4. The monoisotopic (exact) mass is 524 g/mol. The van der Waals surface area contributed by atoms with E-state index in [4.69, 9.17) is 23.7 Å². The van der Waals surface area contributed by atoms with E-state index in [2.05, 4.69) is 55.1 Å². The standard InChI is InChI=1S/C33H32O6/c1-5-32(34)39-23-22-38-31-20-12-27(13-21-31)33(24-6-14-28(35-2)15-7-24,25-8-16-29(36-3)17-9-25)26-10-18-30(37-4)19-11-26/h5-21H,1,22-23H2,2-4H3. The molecule has 0 aliphatic carbocycles. The summed E-state index contributed by atoms with van der Waals surface area (Å²) in [5.74, 6) is 2.52. The Morgan fingerprint density at radius 2 is 0.923 bits per heavy atom. The highest BCUT2D eigenvalue weighted by atomic mass is 16.6. The molecule has 4 rings (SSSR count). The van der Waals surface area contributed by atoms with Crippen molar-refractivity contribution in [1.82, 2.24) is 0 Å². The molecule has 0 N–H and O–H groups in total. The van der Waals surface area contributed by atoms with Crippen molar-refractivity contribution in [2.75, 3.05) is 34.5 Å². The number of hydrogen-bond acceptors (Lipinski definition) is 6. The van der Waals surface area contributed by atoms with Crippen LogP contribution in [0.25, 0.3) is 0 Å². The number of hydrogen-bond donors (Lipinski definition) is 0. The molecule has 0 saturated heterocycles. The van der Waals surface area contributed by atoms with Gasteiger partial charge < -0.3 is 23.7 Å². The maximum atomic E-state index is 11.3. The number of carbonyl (C=O) groups excluding carboxylic acids is 1. The summed E-state index contributed by atoms with van der Waals surface area (Å²) in [5, 5.41) is 0. The van der Waals surface area contributed by atoms with Gasteiger partial charge in [0.15, 0.2) is 0 Å². The molecule has 4 aromatic carbocycles. The molecule has 6 nitrogen and oxygen atoms in total. The average molecular weight is 525 g/mol. The highest BCUT2D eigenvalue weighted by Gasteiger charge is 2.38. The lowest BCUT2D eigenvalue weighted by molar-refractivity contribution is -0.138. The van der Waals surface area contributed by atoms with Crippen molar-refractivity contribution < 1.29 is 28.5 Å². The maximum absolute atomic E-state index is 11.3. The number of ether oxygens (including phenoxy) is 5. The van der Waals surface area contributed by atoms with E-state index in [0.29, 0.717) is 5.75 Å². The molecule has 0 atom stereocenters. The fourth-order valence-electron chi connectivity index (χ4n) is 4.68. The van der Waals surface area contributed by atoms with Gasteiger partial charge in [0, 0.05) is 6.08 Å². The second-order valence-electron chi connectivity index (χ2n) is 8.68. The lowest BCUT2D eigenvalue weighted by Crippen LogP contribution is -2.31. The quantitative estimate of drug-likeness (QED) is 0.0951. The Morgan fingerprint density at radius 3 is 1.23 bits per heavy atom. The van der Waals surface area contributed by atoms with Crippen LogP contribution in [0.15, 0.2) is 110 Å². The van der Waals surface area contributed by atoms with E-state index in [0.717, 1.165) is 45.6 Å². The smallest absolute Gasteiger partial charge is 0.330 e. The average Bonchev–Trinajstić information content (AvgIpc) is 3.01. The molecule has 0 spiro atoms. The van der Waals surface area contributed by atoms with Crippen molar-refractivity contribution in [3.63, 3.8) is 0 Å². The third kappa shape index (κ3) is 5.91. The van der Waals surface area contributed by atoms with Crippen LogP contribution < -0.4 is 18.9 Å². The summed E-state index contributed by atoms with van der Waals surface area (Å²) in [4.78, 5) is 11.3. The van der Waals surface area contributed by atoms with Gasteiger partial charge in [0.25, 0.3) is 0 Å². The van der Waals surface area contributed by atoms with Gasteiger partial charge in [-0.15, -0.1) is 0 Å². The number of rotatable bonds is 12. The van der Waals surface area contributed by atoms with Crippen LogP contribution in [0.2, 0.25) is 0 Å². The van der Waals surface area contributed by atoms with Gasteiger partial charge in [0.2, 0.25) is 0 Å². The summed E-state index contributed by atoms with van der Waals surface area (Å²) < 4.78 is 27.2. The number of benzene rings is 4. The molecule has 39 heavy (non-hydrogen) atoms. The van der Waals surface area contributed by atoms with Crippen molar-refractivity contribution in [2.45, 2.75) is 5.41 Å². The molecule has 0 fully saturated rings. The summed E-state index contributed by atoms with van der Waals surface area (Å²) in [6, 6.07) is 32.3. The third-order valence-corrected chi connectivity index (χ3v) is 6.62. The summed E-state index contributed by atoms with van der Waals surface area (Å²) in [6.45, 7) is 3.77. The largest absolute Gasteiger partial charge is 0.497 e. The molecule has 0 unspecified atom stereocenters. The molecule has 6 heteroatoms. The van der Waals surface area contributed by atoms with E-state index >= 15 is 0 Å². The van der Waals surface area contributed by atoms with Gasteiger partial charge in [-0.1, -0.05) is 55.1 Å². The van der Waals surface area contributed by atoms with Crippen molar-refractivity contribution in [1.29, 1.82) is 0 Å². The summed E-state index contributed by atoms with van der Waals surface area (Å²) >= 11 is 0. The van der Waals surface area contributed by atoms with E-state index in [1.54, 1.807) is 21.3 Å². The van der Waals surface area contributed by atoms with E-state index in [-0.39, 0.29) is 13.2 Å². The van der Waals surface area contributed by atoms with Gasteiger partial charge in [-0.2, -0.15) is 0 Å². The van der Waals surface area contributed by atoms with Crippen LogP contribution in [0.1, 0.15) is 22.3 Å². The van der Waals surface area contributed by atoms with Crippen LogP contribution in [0.5, 0.6) is 23.0 Å². The summed E-state index contributed by atoms with van der Waals surface area (Å²) in [5.41, 5.74) is 3.53. The molecule has 0 amide bonds. The van der Waals surface area contributed by atoms with Crippen molar-refractivity contribution in [3.05, 3.63) is 132 Å². The van der Waals surface area contributed by atoms with Gasteiger partial charge in [-0.25, -0.2) is 4.79 Å². The minimum absolute atomic E-state index is 0.139. The Kier molecular flexibility index (Phi) is 8.90. The fraction of sp³-hybridized carbons (Fsp3) is 0.182. The summed E-state index contributed by atoms with van der Waals surface area (Å²) in [7, 11) is 4.98. The molecular weight excluding hydrogens is 492 g/mol. The Morgan fingerprint density at radius 1 is 0.590 bits per heavy atom. The molecule has 0 bridgehead atoms. The Balaban J connectivity index is 1.84. The minimum Gasteiger partial charge on any atom is -0.497 e. The first-order chi connectivity index (χ1) is 19.0. The first kappa shape index (κ1) is 27.3. The lowest BCUT2D eigenvalue weighted by atomic mass is 9.65. The Bertz CT molecular complexity index is 1240. The second kappa shape index (κ2) is 12.7. The van der Waals surface area contributed by atoms with E-state index in [9.17, 15) is 4.79 Å². The fourth-order valence-corrected chi connectivity index (χ4v) is 4.68. The van der Waals surface area contributed by atoms with Crippen LogP contribution in [-0.2, 0) is 14.9 Å². The molecule has 0 aliphatic rings. The molecule has 0 aliphatic heterocycles. The highest BCUT2D eigenvalue weighted by Crippen LogP contribution is 2.46. The van der Waals surface area contributed by atoms with Gasteiger partial charge >= 0.3 is 5.97 Å². The van der Waals surface area contributed by atoms with E-state index in [1.807, 2.05) is 48.5 Å². The minimum atomic E-state index is -0.678. The van der Waals surface area contributed by atoms with Gasteiger partial charge in [-0.05, 0) is 70.8 Å². The van der Waals surface area contributed by atoms with Crippen LogP contribution >= 0.6 is 0 Å². The van der Waals surface area contributed by atoms with Crippen molar-refractivity contribution >= 4 is 5.97 Å². The SMILES string of the molecule is C=CC(=O)OCCOc1ccc(C(c2ccc(OC)cc2)(c2ccc(OC)cc2)c2ccc(OC)cc2)cc1. The van der Waals surface area contributed by atoms with Crippen LogP contribution in [0, 0.1) is 0 Å². The zero-order valence-corrected chi connectivity index (χ0v) is 22.4. The number of carbonyl (C=O) groups is 1. The first-order valence-electron chi connectivity index (χ1n) is 12.5. The number of esters is 1. The topological polar surface area (TPSA) is 63.2 Å². The van der Waals surface area contributed by atoms with Gasteiger partial charge in [0.1, 0.15) is 36.2 Å². The van der Waals surface area contributed by atoms with Crippen molar-refractivity contribution in [2.24, 2.45) is 0 Å². The van der Waals surface area contributed by atoms with Gasteiger partial charge in [0.05, 0.1) is 26.7 Å². The molecule has 4 aromatic rings. The molecular formula is C33H32O6. The Labute approximate surface area is 229 Å². The van der Waals surface area contributed by atoms with E-state index in [1.165, 1.54) is 0 Å². The lowest BCUT2D eigenvalue weighted by Gasteiger charge is -2.37. The van der Waals surface area contributed by atoms with E-state index < -0.39 is 11.4 Å². The predicted molar refractivity (Wildman–Crippen MR) is 151 cm³/mol. The second-order valence-corrected chi connectivity index (χ2v) is 8.68. The van der Waals surface area contributed by atoms with Gasteiger partial charge in [-0.3, -0.25) is 0 Å². The maximum Gasteiger partial charge on any atom is 0.330 e. The molecule has 0 heterocycles. The van der Waals surface area contributed by atoms with Crippen LogP contribution in [-0.4, -0.2) is 40.5 Å². The van der Waals surface area contributed by atoms with Crippen LogP contribution in [0.3, 0.4) is 0 Å². The van der Waals surface area contributed by atoms with Crippen molar-refractivity contribution in [3.8, 4) is 23.0 Å². The first-order valence-corrected chi connectivity index (χ1v) is 12.5. The van der Waals surface area contributed by atoms with Crippen LogP contribution in [0.4, 0.5) is 0 Å². The Hall–Kier alpha value is -4.71. The molecule has 0 saturated carbocycles. The molecule has 0 radical (unpaired) electrons. The normalized spacial score (nSPS) is 10.8. The summed E-state index contributed by atoms with van der Waals surface area (Å²) in [6.07, 6.45) is 1.13. The zero-order chi connectivity index (χ0) is 27.7. The molecule has 200 valence electrons. The highest BCUT2D eigenvalue weighted by molar-refractivity contribution is 5.81. The third-order valence-electron chi connectivity index (χ3n) is 6.62. The number of methoxy groups -OCH3 is 3. The molecule has 0 aromatic heterocycles.